The fourth-order valence-corrected chi connectivity index (χ4v) is 3.51. The largest absolute Gasteiger partial charge is 0.388 e. The quantitative estimate of drug-likeness (QED) is 0.851. The van der Waals surface area contributed by atoms with Gasteiger partial charge in [-0.3, -0.25) is 0 Å². The van der Waals surface area contributed by atoms with Crippen LogP contribution in [0.5, 0.6) is 0 Å². The van der Waals surface area contributed by atoms with Crippen molar-refractivity contribution < 1.29 is 9.84 Å². The number of aliphatic hydroxyl groups is 1. The van der Waals surface area contributed by atoms with Gasteiger partial charge in [0.2, 0.25) is 0 Å². The molecule has 0 spiro atoms. The molecule has 0 aliphatic carbocycles. The number of ether oxygens (including phenoxy) is 1. The molecule has 2 aromatic rings. The van der Waals surface area contributed by atoms with Gasteiger partial charge < -0.3 is 15.2 Å². The highest BCUT2D eigenvalue weighted by molar-refractivity contribution is 7.99. The van der Waals surface area contributed by atoms with E-state index in [1.54, 1.807) is 11.8 Å². The predicted molar refractivity (Wildman–Crippen MR) is 93.7 cm³/mol. The molecule has 0 bridgehead atoms. The molecule has 3 rings (SSSR count). The summed E-state index contributed by atoms with van der Waals surface area (Å²) in [5.74, 6) is 0. The summed E-state index contributed by atoms with van der Waals surface area (Å²) in [6.45, 7) is 2.71. The lowest BCUT2D eigenvalue weighted by molar-refractivity contribution is -0.0617. The van der Waals surface area contributed by atoms with E-state index in [4.69, 9.17) is 4.74 Å². The molecule has 4 heteroatoms. The van der Waals surface area contributed by atoms with Crippen molar-refractivity contribution >= 4 is 11.8 Å². The second kappa shape index (κ2) is 7.97. The maximum atomic E-state index is 10.4. The number of hydrogen-bond acceptors (Lipinski definition) is 4. The van der Waals surface area contributed by atoms with Crippen molar-refractivity contribution in [2.24, 2.45) is 0 Å². The van der Waals surface area contributed by atoms with E-state index in [0.29, 0.717) is 32.6 Å². The lowest BCUT2D eigenvalue weighted by atomic mass is 9.94. The molecule has 1 aliphatic heterocycles. The Hall–Kier alpha value is -1.33. The Bertz CT molecular complexity index is 595. The molecule has 1 fully saturated rings. The van der Waals surface area contributed by atoms with Crippen LogP contribution in [0.15, 0.2) is 64.4 Å². The van der Waals surface area contributed by atoms with Crippen molar-refractivity contribution in [1.29, 1.82) is 0 Å². The van der Waals surface area contributed by atoms with E-state index in [0.717, 1.165) is 6.54 Å². The van der Waals surface area contributed by atoms with Gasteiger partial charge in [0.15, 0.2) is 0 Å². The average Bonchev–Trinajstić information content (AvgIpc) is 2.58. The first-order valence-corrected chi connectivity index (χ1v) is 8.88. The molecular formula is C19H23NO2S. The zero-order chi connectivity index (χ0) is 16.0. The number of rotatable bonds is 6. The monoisotopic (exact) mass is 329 g/mol. The number of hydrogen-bond donors (Lipinski definition) is 2. The molecule has 0 radical (unpaired) electrons. The van der Waals surface area contributed by atoms with Gasteiger partial charge in [-0.1, -0.05) is 42.1 Å². The van der Waals surface area contributed by atoms with E-state index in [2.05, 4.69) is 53.8 Å². The van der Waals surface area contributed by atoms with Crippen LogP contribution in [0.25, 0.3) is 0 Å². The van der Waals surface area contributed by atoms with Crippen LogP contribution in [0.2, 0.25) is 0 Å². The molecule has 2 aromatic carbocycles. The third kappa shape index (κ3) is 5.08. The highest BCUT2D eigenvalue weighted by Gasteiger charge is 2.28. The zero-order valence-corrected chi connectivity index (χ0v) is 14.0. The summed E-state index contributed by atoms with van der Waals surface area (Å²) in [4.78, 5) is 2.49. The summed E-state index contributed by atoms with van der Waals surface area (Å²) >= 11 is 1.77. The number of benzene rings is 2. The van der Waals surface area contributed by atoms with Crippen LogP contribution < -0.4 is 5.32 Å². The van der Waals surface area contributed by atoms with Crippen molar-refractivity contribution in [3.8, 4) is 0 Å². The molecule has 1 saturated heterocycles. The fraction of sp³-hybridized carbons (Fsp3) is 0.368. The molecule has 0 aromatic heterocycles. The Balaban J connectivity index is 1.48. The first kappa shape index (κ1) is 16.5. The van der Waals surface area contributed by atoms with Gasteiger partial charge in [0.1, 0.15) is 0 Å². The Labute approximate surface area is 142 Å². The molecule has 23 heavy (non-hydrogen) atoms. The van der Waals surface area contributed by atoms with E-state index < -0.39 is 5.60 Å². The summed E-state index contributed by atoms with van der Waals surface area (Å²) in [5.41, 5.74) is 0.625. The zero-order valence-electron chi connectivity index (χ0n) is 13.2. The summed E-state index contributed by atoms with van der Waals surface area (Å²) in [6, 6.07) is 19.0. The van der Waals surface area contributed by atoms with Crippen molar-refractivity contribution in [3.63, 3.8) is 0 Å². The summed E-state index contributed by atoms with van der Waals surface area (Å²) in [5, 5.41) is 13.8. The van der Waals surface area contributed by atoms with E-state index in [9.17, 15) is 5.11 Å². The van der Waals surface area contributed by atoms with Gasteiger partial charge >= 0.3 is 0 Å². The van der Waals surface area contributed by atoms with Gasteiger partial charge in [0, 0.05) is 48.9 Å². The van der Waals surface area contributed by atoms with Crippen LogP contribution in [-0.2, 0) is 11.3 Å². The van der Waals surface area contributed by atoms with E-state index in [1.165, 1.54) is 15.4 Å². The minimum atomic E-state index is -0.610. The van der Waals surface area contributed by atoms with Crippen molar-refractivity contribution in [2.45, 2.75) is 34.8 Å². The van der Waals surface area contributed by atoms with Gasteiger partial charge in [-0.2, -0.15) is 0 Å². The fourth-order valence-electron chi connectivity index (χ4n) is 2.67. The number of nitrogens with one attached hydrogen (secondary N) is 1. The van der Waals surface area contributed by atoms with Crippen molar-refractivity contribution in [3.05, 3.63) is 60.2 Å². The second-order valence-corrected chi connectivity index (χ2v) is 7.15. The van der Waals surface area contributed by atoms with Crippen LogP contribution in [0.1, 0.15) is 18.4 Å². The molecule has 1 heterocycles. The van der Waals surface area contributed by atoms with E-state index in [1.807, 2.05) is 6.07 Å². The first-order valence-electron chi connectivity index (χ1n) is 8.06. The SMILES string of the molecule is OC1(CNCc2ccc(Sc3ccccc3)cc2)CCOCC1. The van der Waals surface area contributed by atoms with E-state index >= 15 is 0 Å². The highest BCUT2D eigenvalue weighted by Crippen LogP contribution is 2.27. The Morgan fingerprint density at radius 2 is 1.61 bits per heavy atom. The van der Waals surface area contributed by atoms with Crippen LogP contribution in [0.3, 0.4) is 0 Å². The highest BCUT2D eigenvalue weighted by atomic mass is 32.2. The molecule has 3 nitrogen and oxygen atoms in total. The van der Waals surface area contributed by atoms with Crippen molar-refractivity contribution in [1.82, 2.24) is 5.32 Å². The normalized spacial score (nSPS) is 17.1. The van der Waals surface area contributed by atoms with Gasteiger partial charge in [-0.15, -0.1) is 0 Å². The Morgan fingerprint density at radius 3 is 2.30 bits per heavy atom. The van der Waals surface area contributed by atoms with Crippen LogP contribution in [0.4, 0.5) is 0 Å². The lowest BCUT2D eigenvalue weighted by Gasteiger charge is -2.32. The Morgan fingerprint density at radius 1 is 0.957 bits per heavy atom. The van der Waals surface area contributed by atoms with E-state index in [-0.39, 0.29) is 0 Å². The van der Waals surface area contributed by atoms with Crippen LogP contribution in [0, 0.1) is 0 Å². The summed E-state index contributed by atoms with van der Waals surface area (Å²) in [6.07, 6.45) is 1.43. The molecule has 0 unspecified atom stereocenters. The second-order valence-electron chi connectivity index (χ2n) is 6.00. The summed E-state index contributed by atoms with van der Waals surface area (Å²) in [7, 11) is 0. The summed E-state index contributed by atoms with van der Waals surface area (Å²) < 4.78 is 5.30. The maximum Gasteiger partial charge on any atom is 0.0815 e. The molecular weight excluding hydrogens is 306 g/mol. The molecule has 0 atom stereocenters. The van der Waals surface area contributed by atoms with Gasteiger partial charge in [-0.05, 0) is 29.8 Å². The van der Waals surface area contributed by atoms with Gasteiger partial charge in [0.25, 0.3) is 0 Å². The minimum absolute atomic E-state index is 0.610. The standard InChI is InChI=1S/C19H23NO2S/c21-19(10-12-22-13-11-19)15-20-14-16-6-8-18(9-7-16)23-17-4-2-1-3-5-17/h1-9,20-21H,10-15H2. The first-order chi connectivity index (χ1) is 11.2. The average molecular weight is 329 g/mol. The van der Waals surface area contributed by atoms with Gasteiger partial charge in [0.05, 0.1) is 5.60 Å². The topological polar surface area (TPSA) is 41.5 Å². The smallest absolute Gasteiger partial charge is 0.0815 e. The molecule has 0 saturated carbocycles. The molecule has 1 aliphatic rings. The molecule has 122 valence electrons. The maximum absolute atomic E-state index is 10.4. The van der Waals surface area contributed by atoms with Crippen LogP contribution >= 0.6 is 11.8 Å². The predicted octanol–water partition coefficient (Wildman–Crippen LogP) is 3.47. The molecule has 2 N–H and O–H groups in total. The lowest BCUT2D eigenvalue weighted by Crippen LogP contribution is -2.44. The third-order valence-electron chi connectivity index (χ3n) is 4.11. The van der Waals surface area contributed by atoms with Gasteiger partial charge in [-0.25, -0.2) is 0 Å². The minimum Gasteiger partial charge on any atom is -0.388 e. The molecule has 0 amide bonds. The third-order valence-corrected chi connectivity index (χ3v) is 5.12. The van der Waals surface area contributed by atoms with Crippen LogP contribution in [-0.4, -0.2) is 30.5 Å². The van der Waals surface area contributed by atoms with Crippen molar-refractivity contribution in [2.75, 3.05) is 19.8 Å². The Kier molecular flexibility index (Phi) is 5.73.